The zero-order chi connectivity index (χ0) is 11.6. The molecule has 2 rings (SSSR count). The summed E-state index contributed by atoms with van der Waals surface area (Å²) in [7, 11) is -3.21. The van der Waals surface area contributed by atoms with Crippen molar-refractivity contribution in [3.63, 3.8) is 0 Å². The van der Waals surface area contributed by atoms with E-state index in [2.05, 4.69) is 4.99 Å². The summed E-state index contributed by atoms with van der Waals surface area (Å²) >= 11 is 1.54. The molecular formula is C11H13NO2S2. The van der Waals surface area contributed by atoms with Gasteiger partial charge in [-0.05, 0) is 19.1 Å². The van der Waals surface area contributed by atoms with Crippen molar-refractivity contribution >= 4 is 26.6 Å². The summed E-state index contributed by atoms with van der Waals surface area (Å²) in [5.74, 6) is 0.944. The van der Waals surface area contributed by atoms with Crippen LogP contribution in [0, 0.1) is 6.92 Å². The summed E-state index contributed by atoms with van der Waals surface area (Å²) in [6, 6.07) is 6.95. The molecule has 0 unspecified atom stereocenters. The van der Waals surface area contributed by atoms with Crippen LogP contribution in [-0.4, -0.2) is 31.5 Å². The zero-order valence-corrected chi connectivity index (χ0v) is 10.6. The Hall–Kier alpha value is -0.810. The highest BCUT2D eigenvalue weighted by atomic mass is 32.2. The summed E-state index contributed by atoms with van der Waals surface area (Å²) in [6.07, 6.45) is 0. The lowest BCUT2D eigenvalue weighted by Gasteiger charge is -2.04. The molecule has 0 amide bonds. The fourth-order valence-corrected chi connectivity index (χ4v) is 3.99. The first kappa shape index (κ1) is 11.7. The van der Waals surface area contributed by atoms with Crippen LogP contribution < -0.4 is 0 Å². The van der Waals surface area contributed by atoms with Crippen LogP contribution in [0.2, 0.25) is 0 Å². The largest absolute Gasteiger partial charge is 0.281 e. The Morgan fingerprint density at radius 1 is 1.31 bits per heavy atom. The van der Waals surface area contributed by atoms with Crippen LogP contribution in [0.5, 0.6) is 0 Å². The van der Waals surface area contributed by atoms with Gasteiger partial charge in [0, 0.05) is 12.3 Å². The van der Waals surface area contributed by atoms with Gasteiger partial charge >= 0.3 is 0 Å². The highest BCUT2D eigenvalue weighted by Gasteiger charge is 2.19. The molecule has 1 heterocycles. The van der Waals surface area contributed by atoms with Crippen molar-refractivity contribution < 1.29 is 8.42 Å². The van der Waals surface area contributed by atoms with Gasteiger partial charge in [0.25, 0.3) is 0 Å². The molecule has 1 aliphatic rings. The maximum absolute atomic E-state index is 12.0. The average Bonchev–Trinajstić information content (AvgIpc) is 2.70. The van der Waals surface area contributed by atoms with E-state index in [4.69, 9.17) is 0 Å². The Morgan fingerprint density at radius 3 is 2.56 bits per heavy atom. The van der Waals surface area contributed by atoms with E-state index in [1.54, 1.807) is 12.1 Å². The predicted molar refractivity (Wildman–Crippen MR) is 68.0 cm³/mol. The molecule has 0 saturated heterocycles. The fraction of sp³-hybridized carbons (Fsp3) is 0.364. The van der Waals surface area contributed by atoms with Crippen molar-refractivity contribution in [2.75, 3.05) is 18.1 Å². The van der Waals surface area contributed by atoms with Crippen molar-refractivity contribution in [1.29, 1.82) is 0 Å². The second-order valence-corrected chi connectivity index (χ2v) is 6.85. The SMILES string of the molecule is Cc1ccc(S(=O)(=O)CC2=NCCS2)cc1. The molecule has 0 bridgehead atoms. The maximum Gasteiger partial charge on any atom is 0.184 e. The van der Waals surface area contributed by atoms with Gasteiger partial charge in [-0.15, -0.1) is 11.8 Å². The van der Waals surface area contributed by atoms with Gasteiger partial charge in [0.1, 0.15) is 5.75 Å². The van der Waals surface area contributed by atoms with Crippen molar-refractivity contribution in [1.82, 2.24) is 0 Å². The molecule has 0 spiro atoms. The Balaban J connectivity index is 2.21. The molecule has 0 saturated carbocycles. The Morgan fingerprint density at radius 2 is 2.00 bits per heavy atom. The Kier molecular flexibility index (Phi) is 3.35. The molecular weight excluding hydrogens is 242 g/mol. The second kappa shape index (κ2) is 4.59. The molecule has 0 N–H and O–H groups in total. The van der Waals surface area contributed by atoms with Gasteiger partial charge in [-0.25, -0.2) is 8.42 Å². The van der Waals surface area contributed by atoms with Crippen LogP contribution >= 0.6 is 11.8 Å². The first-order valence-electron chi connectivity index (χ1n) is 5.03. The van der Waals surface area contributed by atoms with Gasteiger partial charge in [0.2, 0.25) is 0 Å². The Labute approximate surface area is 99.9 Å². The summed E-state index contributed by atoms with van der Waals surface area (Å²) in [6.45, 7) is 2.68. The molecule has 0 radical (unpaired) electrons. The third-order valence-corrected chi connectivity index (χ3v) is 5.16. The van der Waals surface area contributed by atoms with Crippen molar-refractivity contribution in [3.8, 4) is 0 Å². The molecule has 0 aromatic heterocycles. The third-order valence-electron chi connectivity index (χ3n) is 2.34. The van der Waals surface area contributed by atoms with Crippen LogP contribution in [0.1, 0.15) is 5.56 Å². The highest BCUT2D eigenvalue weighted by molar-refractivity contribution is 8.15. The lowest BCUT2D eigenvalue weighted by Crippen LogP contribution is -2.12. The van der Waals surface area contributed by atoms with Gasteiger partial charge in [-0.1, -0.05) is 17.7 Å². The normalized spacial score (nSPS) is 16.2. The molecule has 0 aliphatic carbocycles. The fourth-order valence-electron chi connectivity index (χ4n) is 1.46. The van der Waals surface area contributed by atoms with Crippen LogP contribution in [0.4, 0.5) is 0 Å². The first-order valence-corrected chi connectivity index (χ1v) is 7.67. The van der Waals surface area contributed by atoms with Gasteiger partial charge in [0.05, 0.1) is 9.94 Å². The molecule has 0 fully saturated rings. The number of thioether (sulfide) groups is 1. The molecule has 86 valence electrons. The monoisotopic (exact) mass is 255 g/mol. The van der Waals surface area contributed by atoms with Crippen molar-refractivity contribution in [2.24, 2.45) is 4.99 Å². The number of sulfone groups is 1. The van der Waals surface area contributed by atoms with Gasteiger partial charge in [0.15, 0.2) is 9.84 Å². The number of aryl methyl sites for hydroxylation is 1. The maximum atomic E-state index is 12.0. The minimum absolute atomic E-state index is 0.0424. The number of benzene rings is 1. The smallest absolute Gasteiger partial charge is 0.184 e. The third kappa shape index (κ3) is 2.65. The average molecular weight is 255 g/mol. The van der Waals surface area contributed by atoms with Crippen molar-refractivity contribution in [3.05, 3.63) is 29.8 Å². The van der Waals surface area contributed by atoms with Crippen LogP contribution in [0.25, 0.3) is 0 Å². The molecule has 1 aliphatic heterocycles. The van der Waals surface area contributed by atoms with E-state index in [0.29, 0.717) is 4.90 Å². The first-order chi connectivity index (χ1) is 7.58. The number of nitrogens with zero attached hydrogens (tertiary/aromatic N) is 1. The summed E-state index contributed by atoms with van der Waals surface area (Å²) in [5.41, 5.74) is 1.06. The molecule has 5 heteroatoms. The van der Waals surface area contributed by atoms with E-state index in [1.807, 2.05) is 19.1 Å². The summed E-state index contributed by atoms with van der Waals surface area (Å²) in [4.78, 5) is 4.55. The van der Waals surface area contributed by atoms with E-state index in [1.165, 1.54) is 11.8 Å². The van der Waals surface area contributed by atoms with Gasteiger partial charge in [-0.2, -0.15) is 0 Å². The standard InChI is InChI=1S/C11H13NO2S2/c1-9-2-4-10(5-3-9)16(13,14)8-11-12-6-7-15-11/h2-5H,6-8H2,1H3. The van der Waals surface area contributed by atoms with Crippen LogP contribution in [0.15, 0.2) is 34.2 Å². The Bertz CT molecular complexity index is 503. The number of hydrogen-bond donors (Lipinski definition) is 0. The molecule has 0 atom stereocenters. The number of aliphatic imine (C=N–C) groups is 1. The summed E-state index contributed by atoms with van der Waals surface area (Å²) in [5, 5.41) is 0.737. The molecule has 3 nitrogen and oxygen atoms in total. The van der Waals surface area contributed by atoms with Gasteiger partial charge in [-0.3, -0.25) is 4.99 Å². The second-order valence-electron chi connectivity index (χ2n) is 3.70. The van der Waals surface area contributed by atoms with Gasteiger partial charge < -0.3 is 0 Å². The minimum Gasteiger partial charge on any atom is -0.281 e. The number of hydrogen-bond acceptors (Lipinski definition) is 4. The zero-order valence-electron chi connectivity index (χ0n) is 9.01. The lowest BCUT2D eigenvalue weighted by molar-refractivity contribution is 0.600. The topological polar surface area (TPSA) is 46.5 Å². The quantitative estimate of drug-likeness (QED) is 0.829. The van der Waals surface area contributed by atoms with E-state index in [9.17, 15) is 8.42 Å². The van der Waals surface area contributed by atoms with E-state index in [0.717, 1.165) is 22.9 Å². The molecule has 1 aromatic carbocycles. The lowest BCUT2D eigenvalue weighted by atomic mass is 10.2. The van der Waals surface area contributed by atoms with Crippen LogP contribution in [-0.2, 0) is 9.84 Å². The van der Waals surface area contributed by atoms with Crippen molar-refractivity contribution in [2.45, 2.75) is 11.8 Å². The van der Waals surface area contributed by atoms with E-state index < -0.39 is 9.84 Å². The van der Waals surface area contributed by atoms with Crippen LogP contribution in [0.3, 0.4) is 0 Å². The molecule has 1 aromatic rings. The highest BCUT2D eigenvalue weighted by Crippen LogP contribution is 2.18. The summed E-state index contributed by atoms with van der Waals surface area (Å²) < 4.78 is 24.0. The minimum atomic E-state index is -3.21. The predicted octanol–water partition coefficient (Wildman–Crippen LogP) is 1.91. The number of rotatable bonds is 3. The van der Waals surface area contributed by atoms with E-state index >= 15 is 0 Å². The molecule has 16 heavy (non-hydrogen) atoms. The van der Waals surface area contributed by atoms with E-state index in [-0.39, 0.29) is 5.75 Å².